The topological polar surface area (TPSA) is 53.5 Å². The summed E-state index contributed by atoms with van der Waals surface area (Å²) in [5, 5.41) is 7.02. The molecule has 1 fully saturated rings. The van der Waals surface area contributed by atoms with E-state index in [0.29, 0.717) is 12.0 Å². The SMILES string of the molecule is O=C(N/N=C/C1CC=CCC1)NC1CCCCC1. The van der Waals surface area contributed by atoms with Gasteiger partial charge in [0.1, 0.15) is 0 Å². The Balaban J connectivity index is 1.64. The number of nitrogens with zero attached hydrogens (tertiary/aromatic N) is 1. The Morgan fingerprint density at radius 1 is 1.17 bits per heavy atom. The van der Waals surface area contributed by atoms with Gasteiger partial charge in [0.25, 0.3) is 0 Å². The molecule has 0 aromatic rings. The first-order valence-electron chi connectivity index (χ1n) is 7.09. The quantitative estimate of drug-likeness (QED) is 0.451. The van der Waals surface area contributed by atoms with Crippen molar-refractivity contribution in [2.75, 3.05) is 0 Å². The molecule has 0 aliphatic heterocycles. The summed E-state index contributed by atoms with van der Waals surface area (Å²) in [5.41, 5.74) is 2.57. The maximum Gasteiger partial charge on any atom is 0.335 e. The highest BCUT2D eigenvalue weighted by molar-refractivity contribution is 5.75. The number of rotatable bonds is 3. The van der Waals surface area contributed by atoms with Crippen LogP contribution < -0.4 is 10.7 Å². The van der Waals surface area contributed by atoms with Crippen LogP contribution in [0.3, 0.4) is 0 Å². The van der Waals surface area contributed by atoms with E-state index < -0.39 is 0 Å². The van der Waals surface area contributed by atoms with Crippen LogP contribution in [0.4, 0.5) is 4.79 Å². The van der Waals surface area contributed by atoms with Crippen LogP contribution in [0, 0.1) is 5.92 Å². The molecule has 100 valence electrons. The normalized spacial score (nSPS) is 25.2. The van der Waals surface area contributed by atoms with Crippen LogP contribution in [0.1, 0.15) is 51.4 Å². The summed E-state index contributed by atoms with van der Waals surface area (Å²) in [5.74, 6) is 0.477. The molecule has 0 aromatic carbocycles. The van der Waals surface area contributed by atoms with Gasteiger partial charge in [0.05, 0.1) is 0 Å². The van der Waals surface area contributed by atoms with Gasteiger partial charge in [-0.25, -0.2) is 10.2 Å². The Labute approximate surface area is 109 Å². The summed E-state index contributed by atoms with van der Waals surface area (Å²) in [6, 6.07) is 0.177. The lowest BCUT2D eigenvalue weighted by Crippen LogP contribution is -2.41. The minimum atomic E-state index is -0.162. The summed E-state index contributed by atoms with van der Waals surface area (Å²) < 4.78 is 0. The molecule has 1 unspecified atom stereocenters. The second-order valence-electron chi connectivity index (χ2n) is 5.24. The fourth-order valence-electron chi connectivity index (χ4n) is 2.62. The van der Waals surface area contributed by atoms with E-state index in [4.69, 9.17) is 0 Å². The Morgan fingerprint density at radius 2 is 2.00 bits per heavy atom. The lowest BCUT2D eigenvalue weighted by molar-refractivity contribution is 0.233. The molecule has 0 radical (unpaired) electrons. The second kappa shape index (κ2) is 7.19. The van der Waals surface area contributed by atoms with Crippen LogP contribution in [-0.4, -0.2) is 18.3 Å². The molecule has 2 aliphatic rings. The van der Waals surface area contributed by atoms with Gasteiger partial charge in [-0.2, -0.15) is 5.10 Å². The van der Waals surface area contributed by atoms with Crippen LogP contribution in [0.25, 0.3) is 0 Å². The van der Waals surface area contributed by atoms with Crippen molar-refractivity contribution in [3.63, 3.8) is 0 Å². The minimum Gasteiger partial charge on any atom is -0.334 e. The van der Waals surface area contributed by atoms with Crippen molar-refractivity contribution in [2.24, 2.45) is 11.0 Å². The summed E-state index contributed by atoms with van der Waals surface area (Å²) >= 11 is 0. The zero-order chi connectivity index (χ0) is 12.6. The average molecular weight is 249 g/mol. The van der Waals surface area contributed by atoms with Gasteiger partial charge >= 0.3 is 6.03 Å². The third-order valence-corrected chi connectivity index (χ3v) is 3.70. The lowest BCUT2D eigenvalue weighted by atomic mass is 9.96. The Hall–Kier alpha value is -1.32. The number of carbonyl (C=O) groups is 1. The molecule has 0 spiro atoms. The van der Waals surface area contributed by atoms with E-state index in [2.05, 4.69) is 28.0 Å². The summed E-state index contributed by atoms with van der Waals surface area (Å²) in [7, 11) is 0. The van der Waals surface area contributed by atoms with Gasteiger partial charge in [-0.1, -0.05) is 31.4 Å². The number of amides is 2. The molecule has 0 saturated heterocycles. The van der Waals surface area contributed by atoms with E-state index in [1.54, 1.807) is 0 Å². The Morgan fingerprint density at radius 3 is 2.72 bits per heavy atom. The largest absolute Gasteiger partial charge is 0.335 e. The van der Waals surface area contributed by atoms with Crippen LogP contribution in [0.15, 0.2) is 17.3 Å². The maximum atomic E-state index is 11.6. The monoisotopic (exact) mass is 249 g/mol. The van der Waals surface area contributed by atoms with Crippen molar-refractivity contribution in [1.29, 1.82) is 0 Å². The van der Waals surface area contributed by atoms with Gasteiger partial charge in [0, 0.05) is 12.3 Å². The number of allylic oxidation sites excluding steroid dienone is 2. The van der Waals surface area contributed by atoms with E-state index in [0.717, 1.165) is 32.1 Å². The maximum absolute atomic E-state index is 11.6. The molecule has 4 nitrogen and oxygen atoms in total. The molecule has 2 aliphatic carbocycles. The predicted octanol–water partition coefficient (Wildman–Crippen LogP) is 2.96. The van der Waals surface area contributed by atoms with Gasteiger partial charge in [-0.05, 0) is 38.0 Å². The highest BCUT2D eigenvalue weighted by Gasteiger charge is 2.15. The number of hydrogen-bond acceptors (Lipinski definition) is 2. The molecular weight excluding hydrogens is 226 g/mol. The molecule has 0 aromatic heterocycles. The van der Waals surface area contributed by atoms with E-state index in [9.17, 15) is 4.79 Å². The number of hydrazone groups is 1. The standard InChI is InChI=1S/C14H23N3O/c18-14(16-13-9-5-2-6-10-13)17-15-11-12-7-3-1-4-8-12/h1,3,11-13H,2,4-10H2,(H2,16,17,18)/b15-11+. The van der Waals surface area contributed by atoms with E-state index in [-0.39, 0.29) is 6.03 Å². The lowest BCUT2D eigenvalue weighted by Gasteiger charge is -2.22. The molecule has 18 heavy (non-hydrogen) atoms. The molecule has 4 heteroatoms. The van der Waals surface area contributed by atoms with Crippen molar-refractivity contribution in [1.82, 2.24) is 10.7 Å². The highest BCUT2D eigenvalue weighted by atomic mass is 16.2. The summed E-state index contributed by atoms with van der Waals surface area (Å²) in [6.45, 7) is 0. The summed E-state index contributed by atoms with van der Waals surface area (Å²) in [4.78, 5) is 11.6. The third-order valence-electron chi connectivity index (χ3n) is 3.70. The van der Waals surface area contributed by atoms with Crippen LogP contribution in [0.2, 0.25) is 0 Å². The molecule has 2 N–H and O–H groups in total. The zero-order valence-corrected chi connectivity index (χ0v) is 10.9. The number of nitrogens with one attached hydrogen (secondary N) is 2. The van der Waals surface area contributed by atoms with Crippen molar-refractivity contribution >= 4 is 12.2 Å². The van der Waals surface area contributed by atoms with Crippen LogP contribution in [0.5, 0.6) is 0 Å². The predicted molar refractivity (Wildman–Crippen MR) is 73.5 cm³/mol. The first kappa shape index (κ1) is 13.1. The van der Waals surface area contributed by atoms with Gasteiger partial charge in [0.15, 0.2) is 0 Å². The highest BCUT2D eigenvalue weighted by Crippen LogP contribution is 2.17. The molecule has 0 bridgehead atoms. The molecule has 1 saturated carbocycles. The van der Waals surface area contributed by atoms with Crippen molar-refractivity contribution in [2.45, 2.75) is 57.4 Å². The van der Waals surface area contributed by atoms with Crippen molar-refractivity contribution in [3.05, 3.63) is 12.2 Å². The smallest absolute Gasteiger partial charge is 0.334 e. The number of urea groups is 1. The first-order chi connectivity index (χ1) is 8.84. The minimum absolute atomic E-state index is 0.162. The summed E-state index contributed by atoms with van der Waals surface area (Å²) in [6.07, 6.45) is 15.5. The molecule has 1 atom stereocenters. The fourth-order valence-corrected chi connectivity index (χ4v) is 2.62. The van der Waals surface area contributed by atoms with Gasteiger partial charge in [0.2, 0.25) is 0 Å². The third kappa shape index (κ3) is 4.51. The van der Waals surface area contributed by atoms with Crippen molar-refractivity contribution in [3.8, 4) is 0 Å². The molecule has 0 heterocycles. The average Bonchev–Trinajstić information content (AvgIpc) is 2.41. The van der Waals surface area contributed by atoms with Crippen molar-refractivity contribution < 1.29 is 4.79 Å². The molecule has 2 amide bonds. The second-order valence-corrected chi connectivity index (χ2v) is 5.24. The Kier molecular flexibility index (Phi) is 5.24. The van der Waals surface area contributed by atoms with E-state index in [1.165, 1.54) is 19.3 Å². The first-order valence-corrected chi connectivity index (χ1v) is 7.09. The zero-order valence-electron chi connectivity index (χ0n) is 10.9. The van der Waals surface area contributed by atoms with Gasteiger partial charge < -0.3 is 5.32 Å². The van der Waals surface area contributed by atoms with Gasteiger partial charge in [-0.3, -0.25) is 0 Å². The molecule has 2 rings (SSSR count). The fraction of sp³-hybridized carbons (Fsp3) is 0.714. The Bertz CT molecular complexity index is 319. The molecular formula is C14H23N3O. The van der Waals surface area contributed by atoms with Crippen LogP contribution in [-0.2, 0) is 0 Å². The van der Waals surface area contributed by atoms with E-state index >= 15 is 0 Å². The van der Waals surface area contributed by atoms with Gasteiger partial charge in [-0.15, -0.1) is 0 Å². The van der Waals surface area contributed by atoms with E-state index in [1.807, 2.05) is 6.21 Å². The number of hydrogen-bond donors (Lipinski definition) is 2. The number of carbonyl (C=O) groups excluding carboxylic acids is 1. The van der Waals surface area contributed by atoms with Crippen LogP contribution >= 0.6 is 0 Å².